The van der Waals surface area contributed by atoms with Gasteiger partial charge < -0.3 is 4.90 Å². The van der Waals surface area contributed by atoms with Crippen LogP contribution in [0.4, 0.5) is 0 Å². The fourth-order valence-corrected chi connectivity index (χ4v) is 4.42. The smallest absolute Gasteiger partial charge is 0.241 e. The van der Waals surface area contributed by atoms with Crippen LogP contribution >= 0.6 is 11.6 Å². The van der Waals surface area contributed by atoms with Crippen LogP contribution in [0.1, 0.15) is 66.2 Å². The van der Waals surface area contributed by atoms with E-state index in [4.69, 9.17) is 11.6 Å². The van der Waals surface area contributed by atoms with E-state index in [1.165, 1.54) is 24.3 Å². The molecule has 0 unspecified atom stereocenters. The lowest BCUT2D eigenvalue weighted by atomic mass is 10.0. The van der Waals surface area contributed by atoms with Crippen LogP contribution in [-0.2, 0) is 14.8 Å². The van der Waals surface area contributed by atoms with Crippen molar-refractivity contribution in [1.29, 1.82) is 0 Å². The molecule has 0 aliphatic heterocycles. The summed E-state index contributed by atoms with van der Waals surface area (Å²) in [5, 5.41) is 0.466. The van der Waals surface area contributed by atoms with Gasteiger partial charge in [0.25, 0.3) is 0 Å². The minimum atomic E-state index is -3.81. The lowest BCUT2D eigenvalue weighted by molar-refractivity contribution is -0.134. The first-order valence-electron chi connectivity index (χ1n) is 10.3. The summed E-state index contributed by atoms with van der Waals surface area (Å²) in [5.41, 5.74) is 0. The fourth-order valence-electron chi connectivity index (χ4n) is 2.95. The molecule has 1 aromatic carbocycles. The standard InChI is InChI=1S/C21H35ClN2O3S/c1-5-7-9-15-24(16-10-8-6-2)21(25)20(17(3)4)23-28(26,27)19-13-11-18(22)12-14-19/h11-14,17,20,23H,5-10,15-16H2,1-4H3/t20-/m1/s1. The predicted molar refractivity (Wildman–Crippen MR) is 116 cm³/mol. The van der Waals surface area contributed by atoms with Crippen LogP contribution in [0.15, 0.2) is 29.2 Å². The molecule has 5 nitrogen and oxygen atoms in total. The zero-order valence-corrected chi connectivity index (χ0v) is 19.2. The number of nitrogens with one attached hydrogen (secondary N) is 1. The van der Waals surface area contributed by atoms with Gasteiger partial charge in [-0.15, -0.1) is 0 Å². The number of hydrogen-bond acceptors (Lipinski definition) is 3. The molecule has 0 aliphatic carbocycles. The Morgan fingerprint density at radius 1 is 1.00 bits per heavy atom. The van der Waals surface area contributed by atoms with E-state index < -0.39 is 16.1 Å². The second kappa shape index (κ2) is 12.5. The third kappa shape index (κ3) is 8.10. The van der Waals surface area contributed by atoms with Crippen molar-refractivity contribution in [3.05, 3.63) is 29.3 Å². The zero-order chi connectivity index (χ0) is 21.2. The van der Waals surface area contributed by atoms with Crippen molar-refractivity contribution in [2.24, 2.45) is 5.92 Å². The maximum absolute atomic E-state index is 13.2. The van der Waals surface area contributed by atoms with E-state index in [0.29, 0.717) is 18.1 Å². The number of benzene rings is 1. The van der Waals surface area contributed by atoms with Gasteiger partial charge in [-0.2, -0.15) is 4.72 Å². The van der Waals surface area contributed by atoms with Crippen molar-refractivity contribution in [1.82, 2.24) is 9.62 Å². The molecule has 0 saturated carbocycles. The van der Waals surface area contributed by atoms with Gasteiger partial charge in [0.2, 0.25) is 15.9 Å². The van der Waals surface area contributed by atoms with Crippen LogP contribution in [0, 0.1) is 5.92 Å². The Morgan fingerprint density at radius 2 is 1.50 bits per heavy atom. The molecule has 0 fully saturated rings. The Morgan fingerprint density at radius 3 is 1.93 bits per heavy atom. The van der Waals surface area contributed by atoms with Crippen LogP contribution in [0.25, 0.3) is 0 Å². The lowest BCUT2D eigenvalue weighted by Gasteiger charge is -2.30. The number of carbonyl (C=O) groups excluding carboxylic acids is 1. The van der Waals surface area contributed by atoms with Gasteiger partial charge >= 0.3 is 0 Å². The van der Waals surface area contributed by atoms with Gasteiger partial charge in [-0.1, -0.05) is 65.0 Å². The minimum Gasteiger partial charge on any atom is -0.341 e. The Kier molecular flexibility index (Phi) is 11.1. The second-order valence-electron chi connectivity index (χ2n) is 7.54. The van der Waals surface area contributed by atoms with E-state index >= 15 is 0 Å². The number of halogens is 1. The summed E-state index contributed by atoms with van der Waals surface area (Å²) >= 11 is 5.85. The first-order chi connectivity index (χ1) is 13.2. The number of sulfonamides is 1. The third-order valence-electron chi connectivity index (χ3n) is 4.71. The quantitative estimate of drug-likeness (QED) is 0.455. The van der Waals surface area contributed by atoms with Gasteiger partial charge in [0, 0.05) is 18.1 Å². The van der Waals surface area contributed by atoms with Gasteiger partial charge in [-0.3, -0.25) is 4.79 Å². The summed E-state index contributed by atoms with van der Waals surface area (Å²) in [6, 6.07) is 5.18. The van der Waals surface area contributed by atoms with E-state index in [0.717, 1.165) is 38.5 Å². The number of rotatable bonds is 13. The van der Waals surface area contributed by atoms with Crippen LogP contribution in [0.2, 0.25) is 5.02 Å². The van der Waals surface area contributed by atoms with Crippen molar-refractivity contribution in [2.45, 2.75) is 77.2 Å². The molecule has 0 aliphatic rings. The van der Waals surface area contributed by atoms with Gasteiger partial charge in [-0.25, -0.2) is 8.42 Å². The first-order valence-corrected chi connectivity index (χ1v) is 12.2. The Hall–Kier alpha value is -1.11. The zero-order valence-electron chi connectivity index (χ0n) is 17.6. The summed E-state index contributed by atoms with van der Waals surface area (Å²) in [6.07, 6.45) is 6.13. The summed E-state index contributed by atoms with van der Waals surface area (Å²) in [6.45, 7) is 9.32. The molecular weight excluding hydrogens is 396 g/mol. The average Bonchev–Trinajstić information content (AvgIpc) is 2.65. The Bertz CT molecular complexity index is 680. The van der Waals surface area contributed by atoms with E-state index in [9.17, 15) is 13.2 Å². The highest BCUT2D eigenvalue weighted by Crippen LogP contribution is 2.17. The van der Waals surface area contributed by atoms with E-state index in [1.54, 1.807) is 0 Å². The maximum Gasteiger partial charge on any atom is 0.241 e. The number of hydrogen-bond donors (Lipinski definition) is 1. The summed E-state index contributed by atoms with van der Waals surface area (Å²) in [5.74, 6) is -0.297. The average molecular weight is 431 g/mol. The summed E-state index contributed by atoms with van der Waals surface area (Å²) < 4.78 is 28.2. The van der Waals surface area contributed by atoms with Crippen LogP contribution < -0.4 is 4.72 Å². The van der Waals surface area contributed by atoms with E-state index in [1.807, 2.05) is 18.7 Å². The van der Waals surface area contributed by atoms with E-state index in [2.05, 4.69) is 18.6 Å². The van der Waals surface area contributed by atoms with Crippen LogP contribution in [0.3, 0.4) is 0 Å². The molecule has 1 amide bonds. The number of carbonyl (C=O) groups is 1. The first kappa shape index (κ1) is 24.9. The summed E-state index contributed by atoms with van der Waals surface area (Å²) in [4.78, 5) is 15.2. The molecular formula is C21H35ClN2O3S. The molecule has 7 heteroatoms. The molecule has 0 radical (unpaired) electrons. The molecule has 160 valence electrons. The van der Waals surface area contributed by atoms with Crippen LogP contribution in [-0.4, -0.2) is 38.4 Å². The second-order valence-corrected chi connectivity index (χ2v) is 9.69. The molecule has 0 heterocycles. The maximum atomic E-state index is 13.2. The van der Waals surface area contributed by atoms with Crippen LogP contribution in [0.5, 0.6) is 0 Å². The molecule has 1 N–H and O–H groups in total. The largest absolute Gasteiger partial charge is 0.341 e. The Balaban J connectivity index is 2.97. The van der Waals surface area contributed by atoms with Gasteiger partial charge in [0.15, 0.2) is 0 Å². The summed E-state index contributed by atoms with van der Waals surface area (Å²) in [7, 11) is -3.81. The van der Waals surface area contributed by atoms with Crippen molar-refractivity contribution in [3.8, 4) is 0 Å². The molecule has 28 heavy (non-hydrogen) atoms. The SMILES string of the molecule is CCCCCN(CCCCC)C(=O)[C@H](NS(=O)(=O)c1ccc(Cl)cc1)C(C)C. The number of unbranched alkanes of at least 4 members (excludes halogenated alkanes) is 4. The highest BCUT2D eigenvalue weighted by Gasteiger charge is 2.31. The molecule has 1 rings (SSSR count). The third-order valence-corrected chi connectivity index (χ3v) is 6.42. The van der Waals surface area contributed by atoms with Crippen molar-refractivity contribution >= 4 is 27.5 Å². The molecule has 1 aromatic rings. The Labute approximate surface area is 175 Å². The van der Waals surface area contributed by atoms with E-state index in [-0.39, 0.29) is 16.7 Å². The minimum absolute atomic E-state index is 0.110. The normalized spacial score (nSPS) is 12.9. The van der Waals surface area contributed by atoms with Gasteiger partial charge in [-0.05, 0) is 43.0 Å². The molecule has 0 bridgehead atoms. The fraction of sp³-hybridized carbons (Fsp3) is 0.667. The molecule has 0 saturated heterocycles. The topological polar surface area (TPSA) is 66.5 Å². The van der Waals surface area contributed by atoms with Crippen molar-refractivity contribution in [2.75, 3.05) is 13.1 Å². The highest BCUT2D eigenvalue weighted by molar-refractivity contribution is 7.89. The highest BCUT2D eigenvalue weighted by atomic mass is 35.5. The number of nitrogens with zero attached hydrogens (tertiary/aromatic N) is 1. The lowest BCUT2D eigenvalue weighted by Crippen LogP contribution is -2.51. The molecule has 0 spiro atoms. The number of amides is 1. The van der Waals surface area contributed by atoms with Crippen molar-refractivity contribution in [3.63, 3.8) is 0 Å². The monoisotopic (exact) mass is 430 g/mol. The predicted octanol–water partition coefficient (Wildman–Crippen LogP) is 4.85. The van der Waals surface area contributed by atoms with Gasteiger partial charge in [0.05, 0.1) is 4.90 Å². The molecule has 0 aromatic heterocycles. The van der Waals surface area contributed by atoms with Crippen molar-refractivity contribution < 1.29 is 13.2 Å². The van der Waals surface area contributed by atoms with Gasteiger partial charge in [0.1, 0.15) is 6.04 Å². The molecule has 1 atom stereocenters.